The fourth-order valence-electron chi connectivity index (χ4n) is 5.11. The molecule has 1 atom stereocenters. The Morgan fingerprint density at radius 2 is 1.53 bits per heavy atom. The van der Waals surface area contributed by atoms with Crippen LogP contribution in [0.4, 0.5) is 0 Å². The van der Waals surface area contributed by atoms with Crippen LogP contribution >= 0.6 is 43.2 Å². The molecule has 1 aromatic heterocycles. The van der Waals surface area contributed by atoms with Crippen LogP contribution in [0.2, 0.25) is 0 Å². The Morgan fingerprint density at radius 3 is 2.21 bits per heavy atom. The maximum absolute atomic E-state index is 13.9. The molecule has 0 bridgehead atoms. The lowest BCUT2D eigenvalue weighted by Gasteiger charge is -2.31. The number of ether oxygens (including phenoxy) is 1. The molecule has 7 heteroatoms. The Bertz CT molecular complexity index is 1750. The van der Waals surface area contributed by atoms with Crippen LogP contribution in [0.1, 0.15) is 42.0 Å². The number of allylic oxidation sites excluding steroid dienone is 2. The number of halogens is 2. The lowest BCUT2D eigenvalue weighted by molar-refractivity contribution is 0.415. The maximum Gasteiger partial charge on any atom is 0.271 e. The van der Waals surface area contributed by atoms with E-state index < -0.39 is 0 Å². The standard InChI is InChI=1S/C31H24Br2N2O2S/c1-37-25-15-7-20(8-16-25)18-27-30(36)35-29(21-9-13-24(33)14-10-21)26-4-2-3-22(28(26)34-31(35)38-27)17-19-5-11-23(32)12-6-19/h5-18,29H,2-4H2,1H3. The van der Waals surface area contributed by atoms with Gasteiger partial charge in [0.2, 0.25) is 0 Å². The molecule has 0 fully saturated rings. The van der Waals surface area contributed by atoms with Gasteiger partial charge in [0, 0.05) is 8.95 Å². The fourth-order valence-corrected chi connectivity index (χ4v) is 6.64. The molecule has 4 nitrogen and oxygen atoms in total. The monoisotopic (exact) mass is 646 g/mol. The Kier molecular flexibility index (Phi) is 7.08. The first-order chi connectivity index (χ1) is 18.5. The molecule has 2 heterocycles. The van der Waals surface area contributed by atoms with Crippen molar-refractivity contribution in [3.8, 4) is 5.75 Å². The van der Waals surface area contributed by atoms with Gasteiger partial charge in [-0.15, -0.1) is 0 Å². The Morgan fingerprint density at radius 1 is 0.895 bits per heavy atom. The minimum Gasteiger partial charge on any atom is -0.497 e. The molecule has 1 unspecified atom stereocenters. The molecule has 0 radical (unpaired) electrons. The molecular weight excluding hydrogens is 624 g/mol. The molecule has 0 saturated heterocycles. The van der Waals surface area contributed by atoms with Gasteiger partial charge >= 0.3 is 0 Å². The van der Waals surface area contributed by atoms with Gasteiger partial charge in [-0.3, -0.25) is 9.36 Å². The minimum absolute atomic E-state index is 0.00644. The van der Waals surface area contributed by atoms with E-state index in [1.807, 2.05) is 47.0 Å². The van der Waals surface area contributed by atoms with E-state index in [1.54, 1.807) is 7.11 Å². The zero-order valence-corrected chi connectivity index (χ0v) is 24.6. The van der Waals surface area contributed by atoms with Crippen molar-refractivity contribution in [2.45, 2.75) is 25.3 Å². The highest BCUT2D eigenvalue weighted by Gasteiger charge is 2.32. The summed E-state index contributed by atoms with van der Waals surface area (Å²) in [6, 6.07) is 24.2. The molecule has 2 aliphatic rings. The Labute approximate surface area is 241 Å². The van der Waals surface area contributed by atoms with E-state index in [4.69, 9.17) is 9.73 Å². The topological polar surface area (TPSA) is 43.6 Å². The van der Waals surface area contributed by atoms with Crippen LogP contribution < -0.4 is 19.6 Å². The summed E-state index contributed by atoms with van der Waals surface area (Å²) in [7, 11) is 1.65. The molecule has 1 aliphatic carbocycles. The molecule has 4 aromatic rings. The zero-order chi connectivity index (χ0) is 26.2. The minimum atomic E-state index is -0.180. The molecule has 0 saturated carbocycles. The lowest BCUT2D eigenvalue weighted by atomic mass is 9.84. The SMILES string of the molecule is COc1ccc(C=c2sc3n(c2=O)C(c2ccc(Br)cc2)C2=C(N=3)C(=Cc3ccc(Br)cc3)CCC2)cc1. The average Bonchev–Trinajstić information content (AvgIpc) is 3.24. The van der Waals surface area contributed by atoms with Crippen molar-refractivity contribution in [3.63, 3.8) is 0 Å². The molecular formula is C31H24Br2N2O2S. The highest BCUT2D eigenvalue weighted by molar-refractivity contribution is 9.10. The molecule has 190 valence electrons. The normalized spacial score (nSPS) is 18.2. The van der Waals surface area contributed by atoms with Gasteiger partial charge in [0.25, 0.3) is 5.56 Å². The second kappa shape index (κ2) is 10.6. The summed E-state index contributed by atoms with van der Waals surface area (Å²) in [6.07, 6.45) is 7.10. The maximum atomic E-state index is 13.9. The van der Waals surface area contributed by atoms with E-state index in [2.05, 4.69) is 74.3 Å². The average molecular weight is 648 g/mol. The van der Waals surface area contributed by atoms with Crippen molar-refractivity contribution in [2.24, 2.45) is 4.99 Å². The quantitative estimate of drug-likeness (QED) is 0.239. The van der Waals surface area contributed by atoms with Gasteiger partial charge < -0.3 is 4.74 Å². The number of hydrogen-bond acceptors (Lipinski definition) is 4. The van der Waals surface area contributed by atoms with Crippen molar-refractivity contribution in [1.29, 1.82) is 0 Å². The zero-order valence-electron chi connectivity index (χ0n) is 20.7. The van der Waals surface area contributed by atoms with Crippen molar-refractivity contribution in [1.82, 2.24) is 4.57 Å². The van der Waals surface area contributed by atoms with Crippen LogP contribution in [0.3, 0.4) is 0 Å². The molecule has 38 heavy (non-hydrogen) atoms. The molecule has 0 spiro atoms. The predicted molar refractivity (Wildman–Crippen MR) is 161 cm³/mol. The van der Waals surface area contributed by atoms with Crippen molar-refractivity contribution in [3.05, 3.63) is 135 Å². The molecule has 0 N–H and O–H groups in total. The van der Waals surface area contributed by atoms with Crippen LogP contribution in [0.15, 0.2) is 108 Å². The van der Waals surface area contributed by atoms with E-state index in [0.717, 1.165) is 61.1 Å². The summed E-state index contributed by atoms with van der Waals surface area (Å²) >= 11 is 8.55. The molecule has 1 aliphatic heterocycles. The summed E-state index contributed by atoms with van der Waals surface area (Å²) < 4.78 is 9.93. The van der Waals surface area contributed by atoms with Crippen LogP contribution in [-0.2, 0) is 0 Å². The van der Waals surface area contributed by atoms with Gasteiger partial charge in [-0.1, -0.05) is 79.6 Å². The summed E-state index contributed by atoms with van der Waals surface area (Å²) in [5.41, 5.74) is 6.66. The molecule has 6 rings (SSSR count). The number of fused-ring (bicyclic) bond motifs is 1. The van der Waals surface area contributed by atoms with Gasteiger partial charge in [-0.25, -0.2) is 4.99 Å². The van der Waals surface area contributed by atoms with Crippen LogP contribution in [0, 0.1) is 0 Å². The number of thiazole rings is 1. The summed E-state index contributed by atoms with van der Waals surface area (Å²) in [6.45, 7) is 0. The van der Waals surface area contributed by atoms with Crippen LogP contribution in [0.5, 0.6) is 5.75 Å². The Hall–Kier alpha value is -3.00. The predicted octanol–water partition coefficient (Wildman–Crippen LogP) is 7.02. The number of aromatic nitrogens is 1. The van der Waals surface area contributed by atoms with Gasteiger partial charge in [-0.05, 0) is 95.6 Å². The highest BCUT2D eigenvalue weighted by atomic mass is 79.9. The van der Waals surface area contributed by atoms with Crippen LogP contribution in [0.25, 0.3) is 12.2 Å². The fraction of sp³-hybridized carbons (Fsp3) is 0.161. The summed E-state index contributed by atoms with van der Waals surface area (Å²) in [4.78, 5) is 19.8. The van der Waals surface area contributed by atoms with E-state index in [1.165, 1.54) is 22.5 Å². The number of methoxy groups -OCH3 is 1. The second-order valence-electron chi connectivity index (χ2n) is 9.36. The Balaban J connectivity index is 1.55. The summed E-state index contributed by atoms with van der Waals surface area (Å²) in [5, 5.41) is 0. The van der Waals surface area contributed by atoms with E-state index in [-0.39, 0.29) is 11.6 Å². The third-order valence-electron chi connectivity index (χ3n) is 6.94. The number of benzene rings is 3. The van der Waals surface area contributed by atoms with E-state index in [0.29, 0.717) is 4.53 Å². The van der Waals surface area contributed by atoms with Gasteiger partial charge in [0.05, 0.1) is 23.4 Å². The first kappa shape index (κ1) is 25.3. The largest absolute Gasteiger partial charge is 0.497 e. The van der Waals surface area contributed by atoms with E-state index in [9.17, 15) is 4.79 Å². The first-order valence-corrected chi connectivity index (χ1v) is 14.8. The molecule has 3 aromatic carbocycles. The number of rotatable bonds is 4. The first-order valence-electron chi connectivity index (χ1n) is 12.4. The third-order valence-corrected chi connectivity index (χ3v) is 8.98. The second-order valence-corrected chi connectivity index (χ2v) is 12.2. The lowest BCUT2D eigenvalue weighted by Crippen LogP contribution is -2.39. The van der Waals surface area contributed by atoms with Crippen molar-refractivity contribution in [2.75, 3.05) is 7.11 Å². The highest BCUT2D eigenvalue weighted by Crippen LogP contribution is 2.41. The smallest absolute Gasteiger partial charge is 0.271 e. The number of hydrogen-bond donors (Lipinski definition) is 0. The van der Waals surface area contributed by atoms with Crippen molar-refractivity contribution >= 4 is 55.3 Å². The van der Waals surface area contributed by atoms with Gasteiger partial charge in [-0.2, -0.15) is 0 Å². The summed E-state index contributed by atoms with van der Waals surface area (Å²) in [5.74, 6) is 0.789. The van der Waals surface area contributed by atoms with Crippen molar-refractivity contribution < 1.29 is 4.74 Å². The van der Waals surface area contributed by atoms with Gasteiger partial charge in [0.1, 0.15) is 5.75 Å². The van der Waals surface area contributed by atoms with E-state index >= 15 is 0 Å². The van der Waals surface area contributed by atoms with Gasteiger partial charge in [0.15, 0.2) is 4.80 Å². The number of nitrogens with zero attached hydrogens (tertiary/aromatic N) is 2. The third kappa shape index (κ3) is 4.91. The van der Waals surface area contributed by atoms with Crippen LogP contribution in [-0.4, -0.2) is 11.7 Å². The molecule has 0 amide bonds.